The number of hydrogen-bond donors (Lipinski definition) is 1. The van der Waals surface area contributed by atoms with E-state index in [4.69, 9.17) is 21.7 Å². The number of ether oxygens (including phenoxy) is 2. The summed E-state index contributed by atoms with van der Waals surface area (Å²) in [6.07, 6.45) is 1.81. The third kappa shape index (κ3) is 3.24. The highest BCUT2D eigenvalue weighted by atomic mass is 32.1. The summed E-state index contributed by atoms with van der Waals surface area (Å²) in [6, 6.07) is 15.8. The zero-order chi connectivity index (χ0) is 18.8. The van der Waals surface area contributed by atoms with Crippen LogP contribution in [0.4, 0.5) is 5.69 Å². The maximum Gasteiger partial charge on any atom is 0.174 e. The van der Waals surface area contributed by atoms with E-state index in [1.165, 1.54) is 4.88 Å². The average Bonchev–Trinajstić information content (AvgIpc) is 3.35. The highest BCUT2D eigenvalue weighted by Gasteiger charge is 2.42. The van der Waals surface area contributed by atoms with Crippen LogP contribution in [-0.2, 0) is 0 Å². The minimum absolute atomic E-state index is 0.0188. The van der Waals surface area contributed by atoms with Crippen LogP contribution in [-0.4, -0.2) is 24.3 Å². The lowest BCUT2D eigenvalue weighted by molar-refractivity contribution is 0.394. The Morgan fingerprint density at radius 2 is 2.00 bits per heavy atom. The molecule has 2 atom stereocenters. The molecule has 1 aliphatic heterocycles. The van der Waals surface area contributed by atoms with Crippen molar-refractivity contribution in [3.63, 3.8) is 0 Å². The van der Waals surface area contributed by atoms with Crippen molar-refractivity contribution >= 4 is 34.4 Å². The molecule has 1 aromatic carbocycles. The predicted molar refractivity (Wildman–Crippen MR) is 112 cm³/mol. The molecule has 1 N–H and O–H groups in total. The Bertz CT molecular complexity index is 932. The van der Waals surface area contributed by atoms with Crippen LogP contribution >= 0.6 is 23.6 Å². The normalized spacial score (nSPS) is 19.0. The SMILES string of the molecule is COc1ccc(N2C(=S)N[C@@H](c3ccccn3)[C@H]2c2cccs2)c(OC)c1. The smallest absolute Gasteiger partial charge is 0.174 e. The van der Waals surface area contributed by atoms with Gasteiger partial charge in [-0.05, 0) is 47.9 Å². The number of rotatable bonds is 5. The van der Waals surface area contributed by atoms with Gasteiger partial charge >= 0.3 is 0 Å². The van der Waals surface area contributed by atoms with Crippen molar-refractivity contribution in [1.29, 1.82) is 0 Å². The van der Waals surface area contributed by atoms with Gasteiger partial charge in [-0.3, -0.25) is 4.98 Å². The highest BCUT2D eigenvalue weighted by molar-refractivity contribution is 7.80. The first kappa shape index (κ1) is 17.8. The second-order valence-electron chi connectivity index (χ2n) is 6.05. The summed E-state index contributed by atoms with van der Waals surface area (Å²) in [5.74, 6) is 1.45. The van der Waals surface area contributed by atoms with Crippen molar-refractivity contribution in [3.8, 4) is 11.5 Å². The first-order valence-corrected chi connectivity index (χ1v) is 9.78. The van der Waals surface area contributed by atoms with E-state index < -0.39 is 0 Å². The Morgan fingerprint density at radius 3 is 2.67 bits per heavy atom. The standard InChI is InChI=1S/C20H19N3O2S2/c1-24-13-8-9-15(16(12-13)25-2)23-19(17-7-5-11-27-17)18(22-20(23)26)14-6-3-4-10-21-14/h3-12,18-19H,1-2H3,(H,22,26)/t18-,19+/m0/s1. The van der Waals surface area contributed by atoms with Crippen molar-refractivity contribution in [1.82, 2.24) is 10.3 Å². The van der Waals surface area contributed by atoms with E-state index in [2.05, 4.69) is 32.7 Å². The van der Waals surface area contributed by atoms with Crippen molar-refractivity contribution < 1.29 is 9.47 Å². The fourth-order valence-electron chi connectivity index (χ4n) is 3.35. The third-order valence-electron chi connectivity index (χ3n) is 4.58. The lowest BCUT2D eigenvalue weighted by atomic mass is 10.0. The van der Waals surface area contributed by atoms with Gasteiger partial charge in [-0.1, -0.05) is 12.1 Å². The Kier molecular flexibility index (Phi) is 4.96. The molecule has 1 fully saturated rings. The number of anilines is 1. The van der Waals surface area contributed by atoms with Gasteiger partial charge in [0.1, 0.15) is 11.5 Å². The number of nitrogens with zero attached hydrogens (tertiary/aromatic N) is 2. The first-order chi connectivity index (χ1) is 13.2. The first-order valence-electron chi connectivity index (χ1n) is 8.49. The number of hydrogen-bond acceptors (Lipinski definition) is 5. The molecular formula is C20H19N3O2S2. The van der Waals surface area contributed by atoms with E-state index in [0.717, 1.165) is 17.1 Å². The topological polar surface area (TPSA) is 46.6 Å². The molecule has 1 aliphatic rings. The molecule has 0 amide bonds. The van der Waals surface area contributed by atoms with Crippen LogP contribution in [0.2, 0.25) is 0 Å². The van der Waals surface area contributed by atoms with Crippen LogP contribution in [0.5, 0.6) is 11.5 Å². The summed E-state index contributed by atoms with van der Waals surface area (Å²) in [5.41, 5.74) is 1.85. The number of benzene rings is 1. The molecule has 4 rings (SSSR count). The number of nitrogens with one attached hydrogen (secondary N) is 1. The van der Waals surface area contributed by atoms with E-state index in [1.807, 2.05) is 42.6 Å². The van der Waals surface area contributed by atoms with Crippen molar-refractivity contribution in [2.75, 3.05) is 19.1 Å². The Labute approximate surface area is 167 Å². The predicted octanol–water partition coefficient (Wildman–Crippen LogP) is 4.34. The summed E-state index contributed by atoms with van der Waals surface area (Å²) in [7, 11) is 3.29. The van der Waals surface area contributed by atoms with Gasteiger partial charge in [-0.15, -0.1) is 11.3 Å². The minimum atomic E-state index is -0.0517. The van der Waals surface area contributed by atoms with Crippen LogP contribution in [0.1, 0.15) is 22.7 Å². The van der Waals surface area contributed by atoms with Gasteiger partial charge in [0.2, 0.25) is 0 Å². The molecule has 0 bridgehead atoms. The minimum Gasteiger partial charge on any atom is -0.497 e. The van der Waals surface area contributed by atoms with E-state index in [1.54, 1.807) is 25.6 Å². The maximum atomic E-state index is 5.72. The monoisotopic (exact) mass is 397 g/mol. The summed E-state index contributed by atoms with van der Waals surface area (Å²) in [4.78, 5) is 7.87. The van der Waals surface area contributed by atoms with Gasteiger partial charge in [0, 0.05) is 17.1 Å². The molecule has 0 unspecified atom stereocenters. The molecule has 7 heteroatoms. The van der Waals surface area contributed by atoms with Crippen LogP contribution < -0.4 is 19.7 Å². The van der Waals surface area contributed by atoms with Gasteiger partial charge < -0.3 is 19.7 Å². The summed E-state index contributed by atoms with van der Waals surface area (Å²) in [5, 5.41) is 6.18. The zero-order valence-corrected chi connectivity index (χ0v) is 16.6. The van der Waals surface area contributed by atoms with Gasteiger partial charge in [0.15, 0.2) is 5.11 Å². The summed E-state index contributed by atoms with van der Waals surface area (Å²) >= 11 is 7.43. The number of thiophene rings is 1. The molecule has 2 aromatic heterocycles. The van der Waals surface area contributed by atoms with Crippen LogP contribution in [0.25, 0.3) is 0 Å². The van der Waals surface area contributed by atoms with E-state index >= 15 is 0 Å². The molecule has 0 radical (unpaired) electrons. The lowest BCUT2D eigenvalue weighted by Crippen LogP contribution is -2.29. The van der Waals surface area contributed by atoms with Crippen LogP contribution in [0, 0.1) is 0 Å². The zero-order valence-electron chi connectivity index (χ0n) is 15.0. The van der Waals surface area contributed by atoms with Gasteiger partial charge in [-0.25, -0.2) is 0 Å². The summed E-state index contributed by atoms with van der Waals surface area (Å²) in [6.45, 7) is 0. The molecule has 5 nitrogen and oxygen atoms in total. The maximum absolute atomic E-state index is 5.72. The van der Waals surface area contributed by atoms with E-state index in [-0.39, 0.29) is 12.1 Å². The molecule has 27 heavy (non-hydrogen) atoms. The van der Waals surface area contributed by atoms with Crippen molar-refractivity contribution in [2.24, 2.45) is 0 Å². The molecule has 138 valence electrons. The third-order valence-corrected chi connectivity index (χ3v) is 5.84. The van der Waals surface area contributed by atoms with Gasteiger partial charge in [-0.2, -0.15) is 0 Å². The van der Waals surface area contributed by atoms with Crippen LogP contribution in [0.3, 0.4) is 0 Å². The Balaban J connectivity index is 1.83. The second-order valence-corrected chi connectivity index (χ2v) is 7.42. The number of thiocarbonyl (C=S) groups is 1. The number of aromatic nitrogens is 1. The quantitative estimate of drug-likeness (QED) is 0.647. The highest BCUT2D eigenvalue weighted by Crippen LogP contribution is 2.46. The van der Waals surface area contributed by atoms with Crippen LogP contribution in [0.15, 0.2) is 60.1 Å². The Hall–Kier alpha value is -2.64. The van der Waals surface area contributed by atoms with Gasteiger partial charge in [0.25, 0.3) is 0 Å². The molecule has 1 saturated heterocycles. The Morgan fingerprint density at radius 1 is 1.11 bits per heavy atom. The molecule has 0 spiro atoms. The van der Waals surface area contributed by atoms with Crippen molar-refractivity contribution in [2.45, 2.75) is 12.1 Å². The molecule has 0 aliphatic carbocycles. The second kappa shape index (κ2) is 7.54. The number of pyridine rings is 1. The molecule has 3 heterocycles. The van der Waals surface area contributed by atoms with E-state index in [0.29, 0.717) is 10.9 Å². The number of methoxy groups -OCH3 is 2. The van der Waals surface area contributed by atoms with Gasteiger partial charge in [0.05, 0.1) is 37.7 Å². The summed E-state index contributed by atoms with van der Waals surface area (Å²) < 4.78 is 11.0. The molecular weight excluding hydrogens is 378 g/mol. The fraction of sp³-hybridized carbons (Fsp3) is 0.200. The molecule has 3 aromatic rings. The average molecular weight is 398 g/mol. The van der Waals surface area contributed by atoms with Crippen molar-refractivity contribution in [3.05, 3.63) is 70.7 Å². The lowest BCUT2D eigenvalue weighted by Gasteiger charge is -2.28. The molecule has 0 saturated carbocycles. The fourth-order valence-corrected chi connectivity index (χ4v) is 4.54. The van der Waals surface area contributed by atoms with E-state index in [9.17, 15) is 0 Å². The largest absolute Gasteiger partial charge is 0.497 e.